The summed E-state index contributed by atoms with van der Waals surface area (Å²) in [6, 6.07) is 4.78. The minimum Gasteiger partial charge on any atom is -0.289 e. The highest BCUT2D eigenvalue weighted by Crippen LogP contribution is 2.35. The van der Waals surface area contributed by atoms with Crippen molar-refractivity contribution in [3.05, 3.63) is 40.1 Å². The molecule has 1 aromatic heterocycles. The Bertz CT molecular complexity index is 601. The zero-order valence-electron chi connectivity index (χ0n) is 7.71. The molecule has 0 fully saturated rings. The van der Waals surface area contributed by atoms with Crippen LogP contribution < -0.4 is 5.43 Å². The number of hydrogen-bond acceptors (Lipinski definition) is 3. The van der Waals surface area contributed by atoms with Crippen LogP contribution in [0.1, 0.15) is 5.56 Å². The van der Waals surface area contributed by atoms with E-state index in [1.165, 1.54) is 12.1 Å². The van der Waals surface area contributed by atoms with Gasteiger partial charge < -0.3 is 0 Å². The maximum atomic E-state index is 12.6. The van der Waals surface area contributed by atoms with Gasteiger partial charge in [0.25, 0.3) is 0 Å². The van der Waals surface area contributed by atoms with Crippen molar-refractivity contribution in [1.82, 2.24) is 0 Å². The molecule has 0 saturated carbocycles. The monoisotopic (exact) mass is 262 g/mol. The van der Waals surface area contributed by atoms with Gasteiger partial charge in [-0.1, -0.05) is 6.07 Å². The van der Waals surface area contributed by atoms with Crippen molar-refractivity contribution in [3.8, 4) is 0 Å². The highest BCUT2D eigenvalue weighted by molar-refractivity contribution is 7.83. The second-order valence-corrected chi connectivity index (χ2v) is 4.99. The molecule has 0 N–H and O–H groups in total. The summed E-state index contributed by atoms with van der Waals surface area (Å²) in [5, 5.41) is -0.280. The van der Waals surface area contributed by atoms with Crippen molar-refractivity contribution < 1.29 is 13.2 Å². The van der Waals surface area contributed by atoms with Gasteiger partial charge in [0.1, 0.15) is 0 Å². The van der Waals surface area contributed by atoms with Gasteiger partial charge >= 0.3 is 6.18 Å². The van der Waals surface area contributed by atoms with Crippen LogP contribution in [0.25, 0.3) is 10.1 Å². The second-order valence-electron chi connectivity index (χ2n) is 3.13. The summed E-state index contributed by atoms with van der Waals surface area (Å²) in [7, 11) is 0. The molecule has 0 aliphatic rings. The third kappa shape index (κ3) is 1.94. The molecule has 6 heteroatoms. The predicted molar refractivity (Wildman–Crippen MR) is 60.3 cm³/mol. The van der Waals surface area contributed by atoms with E-state index in [0.717, 1.165) is 23.5 Å². The lowest BCUT2D eigenvalue weighted by atomic mass is 10.1. The molecule has 0 saturated heterocycles. The normalized spacial score (nSPS) is 12.0. The number of halogens is 3. The Morgan fingerprint density at radius 2 is 1.94 bits per heavy atom. The number of benzene rings is 1. The third-order valence-corrected chi connectivity index (χ3v) is 3.34. The maximum Gasteiger partial charge on any atom is 0.417 e. The average molecular weight is 262 g/mol. The number of fused-ring (bicyclic) bond motifs is 1. The molecule has 2 rings (SSSR count). The van der Waals surface area contributed by atoms with E-state index in [-0.39, 0.29) is 5.39 Å². The van der Waals surface area contributed by atoms with Crippen LogP contribution in [0.4, 0.5) is 13.2 Å². The zero-order chi connectivity index (χ0) is 11.9. The van der Waals surface area contributed by atoms with Gasteiger partial charge in [-0.3, -0.25) is 4.79 Å². The summed E-state index contributed by atoms with van der Waals surface area (Å²) in [5.41, 5.74) is -1.54. The first-order valence-corrected chi connectivity index (χ1v) is 5.49. The summed E-state index contributed by atoms with van der Waals surface area (Å²) in [6.07, 6.45) is -4.51. The van der Waals surface area contributed by atoms with Gasteiger partial charge in [0.15, 0.2) is 5.43 Å². The Morgan fingerprint density at radius 3 is 2.56 bits per heavy atom. The van der Waals surface area contributed by atoms with Gasteiger partial charge in [0, 0.05) is 10.8 Å². The summed E-state index contributed by atoms with van der Waals surface area (Å²) < 4.78 is 38.6. The van der Waals surface area contributed by atoms with Crippen LogP contribution in [0, 0.1) is 0 Å². The number of rotatable bonds is 0. The molecule has 0 atom stereocenters. The van der Waals surface area contributed by atoms with Crippen molar-refractivity contribution >= 4 is 34.1 Å². The fourth-order valence-corrected chi connectivity index (χ4v) is 2.70. The first-order valence-electron chi connectivity index (χ1n) is 4.22. The molecule has 1 aromatic carbocycles. The molecular formula is C10H5F3OS2. The molecule has 0 aliphatic heterocycles. The molecule has 0 bridgehead atoms. The zero-order valence-corrected chi connectivity index (χ0v) is 9.42. The second kappa shape index (κ2) is 3.78. The lowest BCUT2D eigenvalue weighted by molar-refractivity contribution is -0.136. The fraction of sp³-hybridized carbons (Fsp3) is 0.100. The van der Waals surface area contributed by atoms with Gasteiger partial charge in [0.2, 0.25) is 0 Å². The smallest absolute Gasteiger partial charge is 0.289 e. The van der Waals surface area contributed by atoms with E-state index >= 15 is 0 Å². The lowest BCUT2D eigenvalue weighted by Crippen LogP contribution is -2.11. The fourth-order valence-electron chi connectivity index (χ4n) is 1.43. The number of hydrogen-bond donors (Lipinski definition) is 1. The summed E-state index contributed by atoms with van der Waals surface area (Å²) >= 11 is 5.02. The van der Waals surface area contributed by atoms with Gasteiger partial charge in [-0.05, 0) is 12.1 Å². The average Bonchev–Trinajstić information content (AvgIpc) is 2.14. The summed E-state index contributed by atoms with van der Waals surface area (Å²) in [5.74, 6) is 0. The predicted octanol–water partition coefficient (Wildman–Crippen LogP) is 3.57. The Balaban J connectivity index is 2.93. The van der Waals surface area contributed by atoms with E-state index in [4.69, 9.17) is 0 Å². The van der Waals surface area contributed by atoms with Crippen LogP contribution in [0.5, 0.6) is 0 Å². The van der Waals surface area contributed by atoms with E-state index in [9.17, 15) is 18.0 Å². The lowest BCUT2D eigenvalue weighted by Gasteiger charge is -2.09. The van der Waals surface area contributed by atoms with Crippen LogP contribution in [-0.2, 0) is 6.18 Å². The number of thiol groups is 1. The van der Waals surface area contributed by atoms with Crippen molar-refractivity contribution in [2.24, 2.45) is 0 Å². The molecule has 16 heavy (non-hydrogen) atoms. The van der Waals surface area contributed by atoms with Crippen LogP contribution in [0.15, 0.2) is 33.3 Å². The van der Waals surface area contributed by atoms with Crippen LogP contribution in [-0.4, -0.2) is 0 Å². The molecule has 0 unspecified atom stereocenters. The van der Waals surface area contributed by atoms with Crippen molar-refractivity contribution in [2.75, 3.05) is 0 Å². The van der Waals surface area contributed by atoms with E-state index in [1.54, 1.807) is 0 Å². The Labute approximate surface area is 97.9 Å². The number of alkyl halides is 3. The van der Waals surface area contributed by atoms with Gasteiger partial charge in [-0.2, -0.15) is 13.2 Å². The largest absolute Gasteiger partial charge is 0.417 e. The van der Waals surface area contributed by atoms with Crippen molar-refractivity contribution in [2.45, 2.75) is 10.4 Å². The molecule has 0 radical (unpaired) electrons. The Morgan fingerprint density at radius 1 is 1.25 bits per heavy atom. The third-order valence-electron chi connectivity index (χ3n) is 2.05. The quantitative estimate of drug-likeness (QED) is 0.718. The highest BCUT2D eigenvalue weighted by atomic mass is 32.2. The van der Waals surface area contributed by atoms with E-state index in [2.05, 4.69) is 12.6 Å². The van der Waals surface area contributed by atoms with Gasteiger partial charge in [-0.15, -0.1) is 24.0 Å². The molecule has 0 spiro atoms. The van der Waals surface area contributed by atoms with Crippen LogP contribution >= 0.6 is 24.0 Å². The van der Waals surface area contributed by atoms with Crippen molar-refractivity contribution in [1.29, 1.82) is 0 Å². The van der Waals surface area contributed by atoms with Crippen molar-refractivity contribution in [3.63, 3.8) is 0 Å². The standard InChI is InChI=1S/C10H5F3OS2/c11-10(12,13)5-2-1-3-7-9(5)6(14)4-8(15)16-7/h1-4,15H. The molecular weight excluding hydrogens is 257 g/mol. The van der Waals surface area contributed by atoms with E-state index < -0.39 is 17.2 Å². The van der Waals surface area contributed by atoms with Gasteiger partial charge in [0.05, 0.1) is 15.2 Å². The highest BCUT2D eigenvalue weighted by Gasteiger charge is 2.33. The Hall–Kier alpha value is -1.01. The van der Waals surface area contributed by atoms with E-state index in [0.29, 0.717) is 8.91 Å². The molecule has 1 heterocycles. The Kier molecular flexibility index (Phi) is 2.71. The summed E-state index contributed by atoms with van der Waals surface area (Å²) in [4.78, 5) is 11.5. The minimum atomic E-state index is -4.51. The molecule has 84 valence electrons. The molecule has 1 nitrogen and oxygen atoms in total. The van der Waals surface area contributed by atoms with Gasteiger partial charge in [-0.25, -0.2) is 0 Å². The minimum absolute atomic E-state index is 0.280. The summed E-state index contributed by atoms with van der Waals surface area (Å²) in [6.45, 7) is 0. The molecule has 0 aliphatic carbocycles. The SMILES string of the molecule is O=c1cc(S)sc2cccc(C(F)(F)F)c12. The van der Waals surface area contributed by atoms with Crippen LogP contribution in [0.3, 0.4) is 0 Å². The van der Waals surface area contributed by atoms with E-state index in [1.807, 2.05) is 0 Å². The maximum absolute atomic E-state index is 12.6. The molecule has 0 amide bonds. The first-order chi connectivity index (χ1) is 7.39. The van der Waals surface area contributed by atoms with Crippen LogP contribution in [0.2, 0.25) is 0 Å². The molecule has 2 aromatic rings. The first kappa shape index (κ1) is 11.5. The topological polar surface area (TPSA) is 17.1 Å².